The Morgan fingerprint density at radius 1 is 1.06 bits per heavy atom. The van der Waals surface area contributed by atoms with Crippen LogP contribution in [0.1, 0.15) is 48.7 Å². The number of imidazole rings is 1. The zero-order chi connectivity index (χ0) is 33.3. The molecule has 9 nitrogen and oxygen atoms in total. The first-order valence-electron chi connectivity index (χ1n) is 16.3. The molecule has 1 N–H and O–H groups in total. The van der Waals surface area contributed by atoms with E-state index >= 15 is 0 Å². The number of nitrogens with zero attached hydrogens (tertiary/aromatic N) is 4. The highest BCUT2D eigenvalue weighted by Gasteiger charge is 2.46. The molecule has 2 unspecified atom stereocenters. The second-order valence-electron chi connectivity index (χ2n) is 12.7. The van der Waals surface area contributed by atoms with Crippen molar-refractivity contribution >= 4 is 34.2 Å². The molecule has 0 spiro atoms. The molecule has 3 aliphatic heterocycles. The predicted octanol–water partition coefficient (Wildman–Crippen LogP) is 6.58. The number of fused-ring (bicyclic) bond motifs is 1. The molecule has 2 aromatic heterocycles. The van der Waals surface area contributed by atoms with Crippen molar-refractivity contribution in [3.8, 4) is 5.88 Å². The predicted molar refractivity (Wildman–Crippen MR) is 174 cm³/mol. The van der Waals surface area contributed by atoms with Gasteiger partial charge in [0.05, 0.1) is 43.4 Å². The first-order chi connectivity index (χ1) is 23.2. The highest BCUT2D eigenvalue weighted by atomic mass is 35.5. The van der Waals surface area contributed by atoms with E-state index in [1.807, 2.05) is 18.2 Å². The summed E-state index contributed by atoms with van der Waals surface area (Å²) in [6, 6.07) is 15.6. The Morgan fingerprint density at radius 3 is 2.65 bits per heavy atom. The zero-order valence-electron chi connectivity index (χ0n) is 26.3. The Morgan fingerprint density at radius 2 is 1.90 bits per heavy atom. The summed E-state index contributed by atoms with van der Waals surface area (Å²) in [5, 5.41) is 3.00. The number of rotatable bonds is 10. The van der Waals surface area contributed by atoms with E-state index in [-0.39, 0.29) is 31.8 Å². The summed E-state index contributed by atoms with van der Waals surface area (Å²) in [7, 11) is 0. The maximum absolute atomic E-state index is 14.4. The summed E-state index contributed by atoms with van der Waals surface area (Å²) in [6.07, 6.45) is 2.42. The third-order valence-electron chi connectivity index (χ3n) is 9.47. The minimum absolute atomic E-state index is 0.0561. The first kappa shape index (κ1) is 32.8. The fraction of sp³-hybridized carbons (Fsp3) is 0.457. The maximum atomic E-state index is 14.4. The highest BCUT2D eigenvalue weighted by Crippen LogP contribution is 2.34. The van der Waals surface area contributed by atoms with E-state index in [0.717, 1.165) is 56.0 Å². The topological polar surface area (TPSA) is 90.7 Å². The number of piperidine rings is 1. The molecule has 2 aromatic carbocycles. The van der Waals surface area contributed by atoms with Gasteiger partial charge in [0.1, 0.15) is 24.2 Å². The smallest absolute Gasteiger partial charge is 0.264 e. The number of benzene rings is 2. The summed E-state index contributed by atoms with van der Waals surface area (Å²) in [5.74, 6) is -4.21. The number of nitrogens with one attached hydrogen (secondary N) is 1. The Balaban J connectivity index is 1.00. The van der Waals surface area contributed by atoms with Gasteiger partial charge in [-0.3, -0.25) is 9.69 Å². The van der Waals surface area contributed by atoms with Crippen LogP contribution in [0.3, 0.4) is 0 Å². The van der Waals surface area contributed by atoms with Crippen LogP contribution in [0.4, 0.5) is 18.9 Å². The van der Waals surface area contributed by atoms with Crippen molar-refractivity contribution in [2.75, 3.05) is 38.2 Å². The van der Waals surface area contributed by atoms with E-state index in [1.165, 1.54) is 6.07 Å². The second kappa shape index (κ2) is 14.0. The summed E-state index contributed by atoms with van der Waals surface area (Å²) in [5.41, 5.74) is 3.37. The monoisotopic (exact) mass is 683 g/mol. The molecule has 3 saturated heterocycles. The molecule has 0 saturated carbocycles. The number of alkyl halides is 2. The number of anilines is 1. The highest BCUT2D eigenvalue weighted by molar-refractivity contribution is 6.30. The van der Waals surface area contributed by atoms with Gasteiger partial charge >= 0.3 is 0 Å². The normalized spacial score (nSPS) is 21.6. The van der Waals surface area contributed by atoms with Gasteiger partial charge in [-0.15, -0.1) is 0 Å². The van der Waals surface area contributed by atoms with Crippen molar-refractivity contribution in [3.05, 3.63) is 82.5 Å². The lowest BCUT2D eigenvalue weighted by atomic mass is 9.93. The molecule has 7 rings (SSSR count). The lowest BCUT2D eigenvalue weighted by molar-refractivity contribution is -0.159. The molecule has 3 fully saturated rings. The molecule has 0 radical (unpaired) electrons. The van der Waals surface area contributed by atoms with E-state index in [0.29, 0.717) is 40.8 Å². The number of carbonyl (C=O) groups is 1. The number of hydrogen-bond donors (Lipinski definition) is 1. The molecule has 3 aliphatic rings. The van der Waals surface area contributed by atoms with Gasteiger partial charge in [-0.05, 0) is 68.8 Å². The van der Waals surface area contributed by atoms with Gasteiger partial charge in [-0.2, -0.15) is 0 Å². The Bertz CT molecular complexity index is 1780. The van der Waals surface area contributed by atoms with Gasteiger partial charge in [-0.25, -0.2) is 23.1 Å². The fourth-order valence-corrected chi connectivity index (χ4v) is 6.69. The third kappa shape index (κ3) is 7.31. The van der Waals surface area contributed by atoms with E-state index in [1.54, 1.807) is 30.3 Å². The quantitative estimate of drug-likeness (QED) is 0.202. The van der Waals surface area contributed by atoms with Crippen LogP contribution in [0, 0.1) is 11.7 Å². The zero-order valence-corrected chi connectivity index (χ0v) is 27.1. The molecule has 254 valence electrons. The number of halogens is 4. The maximum Gasteiger partial charge on any atom is 0.264 e. The number of ether oxygens (including phenoxy) is 3. The summed E-state index contributed by atoms with van der Waals surface area (Å²) in [4.78, 5) is 24.8. The average Bonchev–Trinajstić information content (AvgIpc) is 3.38. The summed E-state index contributed by atoms with van der Waals surface area (Å²) >= 11 is 5.86. The van der Waals surface area contributed by atoms with Crippen molar-refractivity contribution in [3.63, 3.8) is 0 Å². The van der Waals surface area contributed by atoms with E-state index in [2.05, 4.69) is 14.8 Å². The van der Waals surface area contributed by atoms with E-state index in [9.17, 15) is 18.0 Å². The van der Waals surface area contributed by atoms with Gasteiger partial charge in [0.15, 0.2) is 0 Å². The number of amides is 1. The fourth-order valence-electron chi connectivity index (χ4n) is 6.53. The summed E-state index contributed by atoms with van der Waals surface area (Å²) < 4.78 is 61.8. The standard InChI is InChI=1S/C35H37ClF3N5O4/c36-24-5-4-23(28(37)16-24)20-48-33-3-1-2-29(42-33)22-8-12-43(13-9-22)19-32-41-30-17-25(6-7-31(30)44(32)18-26-10-14-47-26)40-34(45)27-21-46-15-11-35(27,38)39/h1-7,16-17,22,26-27H,8-15,18-21H2,(H,40,45). The van der Waals surface area contributed by atoms with Crippen molar-refractivity contribution in [2.45, 2.75) is 63.3 Å². The van der Waals surface area contributed by atoms with Gasteiger partial charge < -0.3 is 24.1 Å². The first-order valence-corrected chi connectivity index (χ1v) is 16.7. The Labute approximate surface area is 281 Å². The SMILES string of the molecule is O=C(Nc1ccc2c(c1)nc(CN1CCC(c3cccc(OCc4ccc(Cl)cc4F)n3)CC1)n2CC1CCO1)C1COCCC1(F)F. The molecule has 4 aromatic rings. The third-order valence-corrected chi connectivity index (χ3v) is 9.71. The molecule has 0 bridgehead atoms. The summed E-state index contributed by atoms with van der Waals surface area (Å²) in [6.45, 7) is 3.42. The second-order valence-corrected chi connectivity index (χ2v) is 13.2. The van der Waals surface area contributed by atoms with E-state index in [4.69, 9.17) is 35.8 Å². The molecule has 48 heavy (non-hydrogen) atoms. The Kier molecular flexibility index (Phi) is 9.59. The minimum atomic E-state index is -3.11. The molecule has 5 heterocycles. The van der Waals surface area contributed by atoms with Gasteiger partial charge in [0.2, 0.25) is 11.8 Å². The lowest BCUT2D eigenvalue weighted by Gasteiger charge is -2.32. The van der Waals surface area contributed by atoms with Crippen molar-refractivity contribution in [2.24, 2.45) is 5.92 Å². The van der Waals surface area contributed by atoms with Crippen LogP contribution in [0.5, 0.6) is 5.88 Å². The lowest BCUT2D eigenvalue weighted by Crippen LogP contribution is -2.45. The molecule has 1 amide bonds. The number of aromatic nitrogens is 3. The van der Waals surface area contributed by atoms with Crippen LogP contribution in [0.25, 0.3) is 11.0 Å². The Hall–Kier alpha value is -3.71. The van der Waals surface area contributed by atoms with Gasteiger partial charge in [-0.1, -0.05) is 23.7 Å². The molecular weight excluding hydrogens is 647 g/mol. The minimum Gasteiger partial charge on any atom is -0.473 e. The van der Waals surface area contributed by atoms with Gasteiger partial charge in [0.25, 0.3) is 5.92 Å². The van der Waals surface area contributed by atoms with Crippen molar-refractivity contribution in [1.29, 1.82) is 0 Å². The van der Waals surface area contributed by atoms with E-state index < -0.39 is 30.0 Å². The van der Waals surface area contributed by atoms with Crippen LogP contribution >= 0.6 is 11.6 Å². The molecular formula is C35H37ClF3N5O4. The molecule has 0 aliphatic carbocycles. The molecule has 2 atom stereocenters. The van der Waals surface area contributed by atoms with Crippen LogP contribution in [-0.2, 0) is 34.0 Å². The number of pyridine rings is 1. The van der Waals surface area contributed by atoms with Gasteiger partial charge in [0, 0.05) is 47.0 Å². The number of likely N-dealkylation sites (tertiary alicyclic amines) is 1. The number of carbonyl (C=O) groups excluding carboxylic acids is 1. The van der Waals surface area contributed by atoms with Crippen LogP contribution < -0.4 is 10.1 Å². The van der Waals surface area contributed by atoms with Crippen LogP contribution in [0.2, 0.25) is 5.02 Å². The van der Waals surface area contributed by atoms with Crippen LogP contribution in [0.15, 0.2) is 54.6 Å². The van der Waals surface area contributed by atoms with Crippen LogP contribution in [-0.4, -0.2) is 70.3 Å². The molecule has 13 heteroatoms. The largest absolute Gasteiger partial charge is 0.473 e. The number of hydrogen-bond acceptors (Lipinski definition) is 7. The average molecular weight is 684 g/mol. The van der Waals surface area contributed by atoms with Crippen molar-refractivity contribution < 1.29 is 32.2 Å². The van der Waals surface area contributed by atoms with Crippen molar-refractivity contribution in [1.82, 2.24) is 19.4 Å².